The van der Waals surface area contributed by atoms with Crippen molar-refractivity contribution in [1.82, 2.24) is 4.90 Å². The number of rotatable bonds is 7. The average Bonchev–Trinajstić information content (AvgIpc) is 3.04. The second-order valence-corrected chi connectivity index (χ2v) is 9.09. The number of anilines is 1. The highest BCUT2D eigenvalue weighted by molar-refractivity contribution is 7.17. The molecule has 30 heavy (non-hydrogen) atoms. The number of ether oxygens (including phenoxy) is 1. The van der Waals surface area contributed by atoms with Gasteiger partial charge in [0.2, 0.25) is 5.91 Å². The Hall–Kier alpha value is -2.25. The summed E-state index contributed by atoms with van der Waals surface area (Å²) in [5.74, 6) is -0.312. The Morgan fingerprint density at radius 3 is 2.87 bits per heavy atom. The molecule has 0 radical (unpaired) electrons. The normalized spacial score (nSPS) is 16.8. The zero-order valence-corrected chi connectivity index (χ0v) is 18.8. The van der Waals surface area contributed by atoms with Crippen molar-refractivity contribution in [2.75, 3.05) is 19.0 Å². The molecule has 0 saturated heterocycles. The second kappa shape index (κ2) is 9.71. The van der Waals surface area contributed by atoms with Crippen LogP contribution in [-0.2, 0) is 28.9 Å². The lowest BCUT2D eigenvalue weighted by Gasteiger charge is -2.24. The summed E-state index contributed by atoms with van der Waals surface area (Å²) in [6.07, 6.45) is 2.76. The van der Waals surface area contributed by atoms with Crippen LogP contribution in [0, 0.1) is 11.7 Å². The Kier molecular flexibility index (Phi) is 7.26. The summed E-state index contributed by atoms with van der Waals surface area (Å²) >= 11 is 1.48. The molecule has 1 amide bonds. The van der Waals surface area contributed by atoms with Gasteiger partial charge in [-0.1, -0.05) is 19.1 Å². The first-order valence-electron chi connectivity index (χ1n) is 10.4. The molecule has 1 aliphatic rings. The molecule has 5 nitrogen and oxygen atoms in total. The molecule has 1 aliphatic carbocycles. The number of hydrogen-bond donors (Lipinski definition) is 1. The van der Waals surface area contributed by atoms with Crippen molar-refractivity contribution in [3.8, 4) is 0 Å². The molecule has 1 aromatic carbocycles. The predicted molar refractivity (Wildman–Crippen MR) is 117 cm³/mol. The summed E-state index contributed by atoms with van der Waals surface area (Å²) in [4.78, 5) is 28.6. The third-order valence-corrected chi connectivity index (χ3v) is 6.76. The number of amides is 1. The maximum absolute atomic E-state index is 13.4. The smallest absolute Gasteiger partial charge is 0.341 e. The highest BCUT2D eigenvalue weighted by Gasteiger charge is 2.30. The van der Waals surface area contributed by atoms with Crippen molar-refractivity contribution in [2.24, 2.45) is 5.92 Å². The minimum absolute atomic E-state index is 0.203. The van der Waals surface area contributed by atoms with E-state index in [2.05, 4.69) is 12.2 Å². The van der Waals surface area contributed by atoms with E-state index in [-0.39, 0.29) is 17.7 Å². The minimum Gasteiger partial charge on any atom is -0.462 e. The molecular formula is C23H29FN2O3S. The molecule has 0 spiro atoms. The number of benzene rings is 1. The van der Waals surface area contributed by atoms with E-state index in [9.17, 15) is 14.0 Å². The standard InChI is InChI=1S/C23H29FN2O3S/c1-5-29-23(28)20-18-10-9-14(2)11-19(18)30-22(20)25-21(27)15(3)26(4)13-16-7-6-8-17(24)12-16/h6-8,12,14-15H,5,9-11,13H2,1-4H3,(H,25,27)/t14-,15+/m0/s1. The van der Waals surface area contributed by atoms with E-state index >= 15 is 0 Å². The number of thiophene rings is 1. The van der Waals surface area contributed by atoms with Gasteiger partial charge in [0, 0.05) is 11.4 Å². The summed E-state index contributed by atoms with van der Waals surface area (Å²) in [6.45, 7) is 6.51. The SMILES string of the molecule is CCOC(=O)c1c(NC(=O)[C@@H](C)N(C)Cc2cccc(F)c2)sc2c1CC[C@H](C)C2. The van der Waals surface area contributed by atoms with Crippen molar-refractivity contribution < 1.29 is 18.7 Å². The molecule has 0 unspecified atom stereocenters. The Balaban J connectivity index is 1.77. The maximum atomic E-state index is 13.4. The van der Waals surface area contributed by atoms with Crippen molar-refractivity contribution in [2.45, 2.75) is 52.6 Å². The third kappa shape index (κ3) is 5.08. The zero-order chi connectivity index (χ0) is 21.8. The van der Waals surface area contributed by atoms with Crippen LogP contribution in [0.3, 0.4) is 0 Å². The van der Waals surface area contributed by atoms with Crippen LogP contribution in [-0.4, -0.2) is 36.5 Å². The maximum Gasteiger partial charge on any atom is 0.341 e. The van der Waals surface area contributed by atoms with Crippen LogP contribution >= 0.6 is 11.3 Å². The van der Waals surface area contributed by atoms with Gasteiger partial charge in [0.25, 0.3) is 0 Å². The molecule has 1 heterocycles. The van der Waals surface area contributed by atoms with Gasteiger partial charge in [0.1, 0.15) is 10.8 Å². The Labute approximate surface area is 181 Å². The quantitative estimate of drug-likeness (QED) is 0.647. The Bertz CT molecular complexity index is 927. The first-order valence-corrected chi connectivity index (χ1v) is 11.2. The van der Waals surface area contributed by atoms with Crippen LogP contribution in [0.25, 0.3) is 0 Å². The number of halogens is 1. The van der Waals surface area contributed by atoms with Gasteiger partial charge in [-0.25, -0.2) is 9.18 Å². The molecule has 0 fully saturated rings. The van der Waals surface area contributed by atoms with Gasteiger partial charge in [-0.15, -0.1) is 11.3 Å². The molecule has 0 saturated carbocycles. The second-order valence-electron chi connectivity index (χ2n) is 7.99. The van der Waals surface area contributed by atoms with Crippen molar-refractivity contribution in [1.29, 1.82) is 0 Å². The van der Waals surface area contributed by atoms with Gasteiger partial charge in [-0.3, -0.25) is 9.69 Å². The molecule has 2 aromatic rings. The van der Waals surface area contributed by atoms with E-state index in [0.717, 1.165) is 35.3 Å². The molecule has 0 aliphatic heterocycles. The number of fused-ring (bicyclic) bond motifs is 1. The average molecular weight is 433 g/mol. The predicted octanol–water partition coefficient (Wildman–Crippen LogP) is 4.65. The molecular weight excluding hydrogens is 403 g/mol. The lowest BCUT2D eigenvalue weighted by atomic mass is 9.88. The summed E-state index contributed by atoms with van der Waals surface area (Å²) < 4.78 is 18.7. The summed E-state index contributed by atoms with van der Waals surface area (Å²) in [6, 6.07) is 5.90. The van der Waals surface area contributed by atoms with Crippen molar-refractivity contribution in [3.63, 3.8) is 0 Å². The molecule has 162 valence electrons. The fraction of sp³-hybridized carbons (Fsp3) is 0.478. The number of likely N-dealkylation sites (N-methyl/N-ethyl adjacent to an activating group) is 1. The number of esters is 1. The molecule has 3 rings (SSSR count). The van der Waals surface area contributed by atoms with Crippen LogP contribution < -0.4 is 5.32 Å². The van der Waals surface area contributed by atoms with Crippen LogP contribution in [0.4, 0.5) is 9.39 Å². The van der Waals surface area contributed by atoms with Gasteiger partial charge in [0.15, 0.2) is 0 Å². The first-order chi connectivity index (χ1) is 14.3. The fourth-order valence-corrected chi connectivity index (χ4v) is 5.14. The van der Waals surface area contributed by atoms with E-state index in [0.29, 0.717) is 29.6 Å². The van der Waals surface area contributed by atoms with Crippen LogP contribution in [0.2, 0.25) is 0 Å². The number of carbonyl (C=O) groups excluding carboxylic acids is 2. The molecule has 2 atom stereocenters. The van der Waals surface area contributed by atoms with Crippen molar-refractivity contribution >= 4 is 28.2 Å². The van der Waals surface area contributed by atoms with E-state index in [1.54, 1.807) is 19.9 Å². The monoisotopic (exact) mass is 432 g/mol. The zero-order valence-electron chi connectivity index (χ0n) is 18.0. The van der Waals surface area contributed by atoms with Crippen LogP contribution in [0.5, 0.6) is 0 Å². The van der Waals surface area contributed by atoms with Gasteiger partial charge < -0.3 is 10.1 Å². The largest absolute Gasteiger partial charge is 0.462 e. The number of carbonyl (C=O) groups is 2. The minimum atomic E-state index is -0.457. The lowest BCUT2D eigenvalue weighted by Crippen LogP contribution is -2.39. The van der Waals surface area contributed by atoms with Gasteiger partial charge in [-0.2, -0.15) is 0 Å². The van der Waals surface area contributed by atoms with Crippen LogP contribution in [0.1, 0.15) is 53.6 Å². The molecule has 0 bridgehead atoms. The number of nitrogens with zero attached hydrogens (tertiary/aromatic N) is 1. The molecule has 1 aromatic heterocycles. The topological polar surface area (TPSA) is 58.6 Å². The lowest BCUT2D eigenvalue weighted by molar-refractivity contribution is -0.120. The van der Waals surface area contributed by atoms with Gasteiger partial charge in [-0.05, 0) is 69.3 Å². The summed E-state index contributed by atoms with van der Waals surface area (Å²) in [7, 11) is 1.82. The van der Waals surface area contributed by atoms with E-state index < -0.39 is 6.04 Å². The van der Waals surface area contributed by atoms with E-state index in [1.807, 2.05) is 18.0 Å². The fourth-order valence-electron chi connectivity index (χ4n) is 3.73. The van der Waals surface area contributed by atoms with Crippen molar-refractivity contribution in [3.05, 3.63) is 51.7 Å². The first kappa shape index (κ1) is 22.4. The highest BCUT2D eigenvalue weighted by atomic mass is 32.1. The van der Waals surface area contributed by atoms with Gasteiger partial charge in [0.05, 0.1) is 18.2 Å². The highest BCUT2D eigenvalue weighted by Crippen LogP contribution is 2.40. The number of hydrogen-bond acceptors (Lipinski definition) is 5. The van der Waals surface area contributed by atoms with Crippen LogP contribution in [0.15, 0.2) is 24.3 Å². The Morgan fingerprint density at radius 2 is 2.17 bits per heavy atom. The Morgan fingerprint density at radius 1 is 1.40 bits per heavy atom. The van der Waals surface area contributed by atoms with E-state index in [1.165, 1.54) is 23.5 Å². The molecule has 7 heteroatoms. The third-order valence-electron chi connectivity index (χ3n) is 5.59. The number of nitrogens with one attached hydrogen (secondary N) is 1. The van der Waals surface area contributed by atoms with E-state index in [4.69, 9.17) is 4.74 Å². The summed E-state index contributed by atoms with van der Waals surface area (Å²) in [5, 5.41) is 3.54. The molecule has 1 N–H and O–H groups in total. The summed E-state index contributed by atoms with van der Waals surface area (Å²) in [5.41, 5.74) is 2.33. The van der Waals surface area contributed by atoms with Gasteiger partial charge >= 0.3 is 5.97 Å².